The van der Waals surface area contributed by atoms with Crippen LogP contribution in [-0.2, 0) is 13.0 Å². The number of aromatic nitrogens is 1. The van der Waals surface area contributed by atoms with E-state index in [4.69, 9.17) is 21.1 Å². The van der Waals surface area contributed by atoms with Crippen LogP contribution in [0.25, 0.3) is 0 Å². The molecule has 2 aromatic rings. The van der Waals surface area contributed by atoms with Crippen molar-refractivity contribution in [1.29, 1.82) is 0 Å². The molecule has 0 saturated carbocycles. The summed E-state index contributed by atoms with van der Waals surface area (Å²) in [4.78, 5) is 7.26. The number of benzene rings is 1. The first kappa shape index (κ1) is 24.9. The van der Waals surface area contributed by atoms with Gasteiger partial charge < -0.3 is 15.2 Å². The summed E-state index contributed by atoms with van der Waals surface area (Å²) in [5.41, 5.74) is 3.44. The van der Waals surface area contributed by atoms with Crippen LogP contribution in [0.5, 0.6) is 0 Å². The first-order chi connectivity index (χ1) is 14.0. The highest BCUT2D eigenvalue weighted by atomic mass is 127. The molecule has 0 aliphatic carbocycles. The molecule has 0 bridgehead atoms. The molecule has 1 aromatic carbocycles. The van der Waals surface area contributed by atoms with Crippen molar-refractivity contribution in [3.8, 4) is 0 Å². The van der Waals surface area contributed by atoms with Crippen LogP contribution in [0.2, 0.25) is 5.02 Å². The Morgan fingerprint density at radius 1 is 1.23 bits per heavy atom. The number of aliphatic imine (C=N–C) groups is 1. The van der Waals surface area contributed by atoms with E-state index in [2.05, 4.69) is 39.7 Å². The molecule has 166 valence electrons. The van der Waals surface area contributed by atoms with E-state index in [0.717, 1.165) is 67.9 Å². The summed E-state index contributed by atoms with van der Waals surface area (Å²) < 4.78 is 5.24. The van der Waals surface area contributed by atoms with Crippen molar-refractivity contribution in [3.63, 3.8) is 0 Å². The van der Waals surface area contributed by atoms with Crippen molar-refractivity contribution < 1.29 is 4.52 Å². The average Bonchev–Trinajstić information content (AvgIpc) is 3.03. The van der Waals surface area contributed by atoms with Gasteiger partial charge in [-0.1, -0.05) is 28.9 Å². The number of hydrogen-bond donors (Lipinski definition) is 2. The highest BCUT2D eigenvalue weighted by molar-refractivity contribution is 14.0. The number of piperidine rings is 1. The minimum absolute atomic E-state index is 0. The maximum Gasteiger partial charge on any atom is 0.191 e. The zero-order chi connectivity index (χ0) is 20.6. The Bertz CT molecular complexity index is 781. The highest BCUT2D eigenvalue weighted by Crippen LogP contribution is 2.16. The van der Waals surface area contributed by atoms with Crippen LogP contribution in [0.4, 0.5) is 0 Å². The Balaban J connectivity index is 0.00000320. The molecule has 2 N–H and O–H groups in total. The summed E-state index contributed by atoms with van der Waals surface area (Å²) in [7, 11) is 0. The van der Waals surface area contributed by atoms with Crippen molar-refractivity contribution in [2.24, 2.45) is 4.99 Å². The second-order valence-electron chi connectivity index (χ2n) is 7.63. The molecule has 1 aromatic heterocycles. The smallest absolute Gasteiger partial charge is 0.191 e. The first-order valence-corrected chi connectivity index (χ1v) is 10.9. The summed E-state index contributed by atoms with van der Waals surface area (Å²) in [5.74, 6) is 1.79. The van der Waals surface area contributed by atoms with Crippen LogP contribution in [0.3, 0.4) is 0 Å². The molecule has 0 spiro atoms. The van der Waals surface area contributed by atoms with E-state index in [0.29, 0.717) is 12.6 Å². The molecular weight excluding hydrogens is 513 g/mol. The zero-order valence-corrected chi connectivity index (χ0v) is 21.2. The third kappa shape index (κ3) is 7.42. The summed E-state index contributed by atoms with van der Waals surface area (Å²) in [6.45, 7) is 10.8. The van der Waals surface area contributed by atoms with Gasteiger partial charge >= 0.3 is 0 Å². The molecule has 0 atom stereocenters. The topological polar surface area (TPSA) is 65.7 Å². The van der Waals surface area contributed by atoms with E-state index in [1.54, 1.807) is 0 Å². The number of nitrogens with zero attached hydrogens (tertiary/aromatic N) is 3. The van der Waals surface area contributed by atoms with Gasteiger partial charge in [-0.2, -0.15) is 0 Å². The van der Waals surface area contributed by atoms with Crippen molar-refractivity contribution in [2.75, 3.05) is 26.2 Å². The van der Waals surface area contributed by atoms with Crippen LogP contribution >= 0.6 is 35.6 Å². The summed E-state index contributed by atoms with van der Waals surface area (Å²) >= 11 is 5.98. The first-order valence-electron chi connectivity index (χ1n) is 10.5. The number of nitrogens with one attached hydrogen (secondary N) is 2. The summed E-state index contributed by atoms with van der Waals surface area (Å²) in [6.07, 6.45) is 3.07. The fraction of sp³-hybridized carbons (Fsp3) is 0.545. The second kappa shape index (κ2) is 12.5. The number of likely N-dealkylation sites (tertiary alicyclic amines) is 1. The molecule has 1 fully saturated rings. The van der Waals surface area contributed by atoms with Gasteiger partial charge in [0.25, 0.3) is 0 Å². The Hall–Kier alpha value is -1.32. The lowest BCUT2D eigenvalue weighted by Crippen LogP contribution is -2.48. The molecule has 8 heteroatoms. The van der Waals surface area contributed by atoms with Gasteiger partial charge in [0.15, 0.2) is 5.96 Å². The van der Waals surface area contributed by atoms with Crippen molar-refractivity contribution in [3.05, 3.63) is 51.9 Å². The van der Waals surface area contributed by atoms with Gasteiger partial charge in [-0.05, 0) is 57.7 Å². The quantitative estimate of drug-likeness (QED) is 0.308. The predicted octanol–water partition coefficient (Wildman–Crippen LogP) is 4.33. The second-order valence-corrected chi connectivity index (χ2v) is 8.07. The van der Waals surface area contributed by atoms with Gasteiger partial charge in [0.2, 0.25) is 0 Å². The van der Waals surface area contributed by atoms with E-state index >= 15 is 0 Å². The zero-order valence-electron chi connectivity index (χ0n) is 18.1. The standard InChI is InChI=1S/C22H32ClN5O.HI/c1-4-24-22(25-12-9-21-16(2)27-29-17(21)3)26-20-10-13-28(14-11-20)15-18-5-7-19(23)8-6-18;/h5-8,20H,4,9-15H2,1-3H3,(H2,24,25,26);1H. The SMILES string of the molecule is CCNC(=NCCc1c(C)noc1C)NC1CCN(Cc2ccc(Cl)cc2)CC1.I. The summed E-state index contributed by atoms with van der Waals surface area (Å²) in [5, 5.41) is 11.8. The third-order valence-electron chi connectivity index (χ3n) is 5.41. The van der Waals surface area contributed by atoms with E-state index in [1.165, 1.54) is 11.1 Å². The van der Waals surface area contributed by atoms with Gasteiger partial charge in [-0.3, -0.25) is 9.89 Å². The van der Waals surface area contributed by atoms with Gasteiger partial charge in [0.1, 0.15) is 5.76 Å². The average molecular weight is 546 g/mol. The fourth-order valence-electron chi connectivity index (χ4n) is 3.74. The lowest BCUT2D eigenvalue weighted by molar-refractivity contribution is 0.198. The summed E-state index contributed by atoms with van der Waals surface area (Å²) in [6, 6.07) is 8.61. The minimum Gasteiger partial charge on any atom is -0.361 e. The molecule has 1 saturated heterocycles. The molecule has 0 unspecified atom stereocenters. The van der Waals surface area contributed by atoms with Crippen LogP contribution in [0, 0.1) is 13.8 Å². The van der Waals surface area contributed by atoms with Gasteiger partial charge in [0, 0.05) is 49.4 Å². The number of guanidine groups is 1. The van der Waals surface area contributed by atoms with Gasteiger partial charge in [0.05, 0.1) is 5.69 Å². The Kier molecular flexibility index (Phi) is 10.4. The fourth-order valence-corrected chi connectivity index (χ4v) is 3.86. The van der Waals surface area contributed by atoms with E-state index in [9.17, 15) is 0 Å². The molecule has 3 rings (SSSR count). The number of rotatable bonds is 7. The normalized spacial score (nSPS) is 15.7. The number of aryl methyl sites for hydroxylation is 2. The molecule has 1 aliphatic rings. The van der Waals surface area contributed by atoms with E-state index in [-0.39, 0.29) is 24.0 Å². The molecule has 0 amide bonds. The van der Waals surface area contributed by atoms with Crippen molar-refractivity contribution in [1.82, 2.24) is 20.7 Å². The van der Waals surface area contributed by atoms with Crippen LogP contribution in [0.1, 0.15) is 42.3 Å². The number of hydrogen-bond acceptors (Lipinski definition) is 4. The highest BCUT2D eigenvalue weighted by Gasteiger charge is 2.20. The third-order valence-corrected chi connectivity index (χ3v) is 5.66. The van der Waals surface area contributed by atoms with Crippen molar-refractivity contribution in [2.45, 2.75) is 52.6 Å². The molecule has 2 heterocycles. The predicted molar refractivity (Wildman–Crippen MR) is 134 cm³/mol. The van der Waals surface area contributed by atoms with Gasteiger partial charge in [-0.15, -0.1) is 24.0 Å². The number of halogens is 2. The molecule has 0 radical (unpaired) electrons. The van der Waals surface area contributed by atoms with Gasteiger partial charge in [-0.25, -0.2) is 0 Å². The molecule has 1 aliphatic heterocycles. The Morgan fingerprint density at radius 3 is 2.53 bits per heavy atom. The Morgan fingerprint density at radius 2 is 1.93 bits per heavy atom. The molecular formula is C22H33ClIN5O. The minimum atomic E-state index is 0. The molecule has 6 nitrogen and oxygen atoms in total. The lowest BCUT2D eigenvalue weighted by atomic mass is 10.0. The lowest BCUT2D eigenvalue weighted by Gasteiger charge is -2.33. The van der Waals surface area contributed by atoms with Crippen LogP contribution in [-0.4, -0.2) is 48.2 Å². The van der Waals surface area contributed by atoms with E-state index in [1.807, 2.05) is 26.0 Å². The van der Waals surface area contributed by atoms with Crippen LogP contribution < -0.4 is 10.6 Å². The maximum atomic E-state index is 5.98. The van der Waals surface area contributed by atoms with E-state index < -0.39 is 0 Å². The Labute approximate surface area is 201 Å². The maximum absolute atomic E-state index is 5.98. The van der Waals surface area contributed by atoms with Crippen molar-refractivity contribution >= 4 is 41.5 Å². The van der Waals surface area contributed by atoms with Crippen LogP contribution in [0.15, 0.2) is 33.8 Å². The monoisotopic (exact) mass is 545 g/mol. The molecule has 30 heavy (non-hydrogen) atoms. The largest absolute Gasteiger partial charge is 0.361 e.